The molecule has 0 radical (unpaired) electrons. The summed E-state index contributed by atoms with van der Waals surface area (Å²) >= 11 is 1.44. The van der Waals surface area contributed by atoms with Crippen LogP contribution in [0.5, 0.6) is 0 Å². The molecule has 5 rings (SSSR count). The number of ether oxygens (including phenoxy) is 1. The van der Waals surface area contributed by atoms with Crippen LogP contribution in [0.4, 0.5) is 23.1 Å². The highest BCUT2D eigenvalue weighted by atomic mass is 32.2. The summed E-state index contributed by atoms with van der Waals surface area (Å²) < 4.78 is 9.67. The van der Waals surface area contributed by atoms with E-state index in [-0.39, 0.29) is 18.6 Å². The van der Waals surface area contributed by atoms with Crippen LogP contribution in [0.15, 0.2) is 30.5 Å². The van der Waals surface area contributed by atoms with Crippen LogP contribution in [0.1, 0.15) is 36.0 Å². The summed E-state index contributed by atoms with van der Waals surface area (Å²) in [5.41, 5.74) is 2.67. The third-order valence-corrected chi connectivity index (χ3v) is 7.39. The standard InChI is InChI=1S/C23H30N6O3S/c30-11-13-33-28-16-2-3-17-18(14-16)29-10-7-23(5-6-23)19(15-29)32-12-1-8-24-22-25-9-4-20(27-22)26-21(17)31/h2-4,9,14,19,28,30H,1,5-8,10-13,15H2,(H2,24,25,26,27,31). The average Bonchev–Trinajstić information content (AvgIpc) is 3.60. The highest BCUT2D eigenvalue weighted by Gasteiger charge is 2.52. The highest BCUT2D eigenvalue weighted by molar-refractivity contribution is 8.00. The van der Waals surface area contributed by atoms with Crippen molar-refractivity contribution in [1.29, 1.82) is 0 Å². The third-order valence-electron chi connectivity index (χ3n) is 6.63. The molecule has 2 fully saturated rings. The van der Waals surface area contributed by atoms with Crippen molar-refractivity contribution >= 4 is 41.0 Å². The van der Waals surface area contributed by atoms with Gasteiger partial charge in [-0.05, 0) is 49.9 Å². The number of nitrogens with one attached hydrogen (secondary N) is 3. The van der Waals surface area contributed by atoms with E-state index in [2.05, 4.69) is 30.2 Å². The van der Waals surface area contributed by atoms with Crippen molar-refractivity contribution in [3.05, 3.63) is 36.0 Å². The van der Waals surface area contributed by atoms with Crippen molar-refractivity contribution in [2.45, 2.75) is 31.8 Å². The van der Waals surface area contributed by atoms with Gasteiger partial charge in [-0.15, -0.1) is 0 Å². The van der Waals surface area contributed by atoms with Crippen LogP contribution in [0.25, 0.3) is 0 Å². The molecular formula is C23H30N6O3S. The SMILES string of the molecule is O=C1Nc2ccnc(n2)NCCCOC2CN(CCC23CC3)c2cc(NSCCO)ccc21. The monoisotopic (exact) mass is 470 g/mol. The predicted molar refractivity (Wildman–Crippen MR) is 131 cm³/mol. The van der Waals surface area contributed by atoms with Gasteiger partial charge in [0.05, 0.1) is 24.0 Å². The van der Waals surface area contributed by atoms with E-state index in [1.807, 2.05) is 18.2 Å². The Labute approximate surface area is 197 Å². The molecule has 2 aromatic rings. The number of fused-ring (bicyclic) bond motifs is 7. The molecule has 176 valence electrons. The number of nitrogens with zero attached hydrogens (tertiary/aromatic N) is 3. The van der Waals surface area contributed by atoms with Crippen molar-refractivity contribution < 1.29 is 14.6 Å². The van der Waals surface area contributed by atoms with Gasteiger partial charge in [0, 0.05) is 49.3 Å². The van der Waals surface area contributed by atoms with E-state index in [1.165, 1.54) is 24.8 Å². The molecule has 2 aliphatic heterocycles. The number of benzene rings is 1. The van der Waals surface area contributed by atoms with Gasteiger partial charge in [0.15, 0.2) is 0 Å². The minimum Gasteiger partial charge on any atom is -0.395 e. The molecule has 3 aliphatic rings. The lowest BCUT2D eigenvalue weighted by Crippen LogP contribution is -2.47. The van der Waals surface area contributed by atoms with Crippen molar-refractivity contribution in [3.8, 4) is 0 Å². The summed E-state index contributed by atoms with van der Waals surface area (Å²) in [6.07, 6.45) is 6.16. The summed E-state index contributed by atoms with van der Waals surface area (Å²) in [4.78, 5) is 24.3. The minimum atomic E-state index is -0.205. The number of carbonyl (C=O) groups is 1. The van der Waals surface area contributed by atoms with E-state index in [0.717, 1.165) is 37.3 Å². The normalized spacial score (nSPS) is 21.8. The molecule has 3 heterocycles. The van der Waals surface area contributed by atoms with Gasteiger partial charge in [-0.2, -0.15) is 4.98 Å². The Hall–Kier alpha value is -2.56. The molecule has 1 unspecified atom stereocenters. The molecule has 4 bridgehead atoms. The van der Waals surface area contributed by atoms with Crippen molar-refractivity contribution in [2.75, 3.05) is 58.9 Å². The number of rotatable bonds is 4. The Balaban J connectivity index is 1.48. The number of anilines is 4. The van der Waals surface area contributed by atoms with E-state index in [1.54, 1.807) is 12.3 Å². The molecule has 1 saturated heterocycles. The van der Waals surface area contributed by atoms with E-state index in [9.17, 15) is 4.79 Å². The van der Waals surface area contributed by atoms with Crippen LogP contribution >= 0.6 is 11.9 Å². The van der Waals surface area contributed by atoms with E-state index in [4.69, 9.17) is 9.84 Å². The molecule has 10 heteroatoms. The predicted octanol–water partition coefficient (Wildman–Crippen LogP) is 2.97. The topological polar surface area (TPSA) is 112 Å². The Kier molecular flexibility index (Phi) is 6.57. The molecule has 4 N–H and O–H groups in total. The second-order valence-corrected chi connectivity index (χ2v) is 9.72. The molecule has 1 amide bonds. The number of aliphatic hydroxyl groups is 1. The summed E-state index contributed by atoms with van der Waals surface area (Å²) in [6.45, 7) is 3.16. The van der Waals surface area contributed by atoms with Gasteiger partial charge in [0.25, 0.3) is 5.91 Å². The van der Waals surface area contributed by atoms with Crippen LogP contribution in [0.2, 0.25) is 0 Å². The fraction of sp³-hybridized carbons (Fsp3) is 0.522. The highest BCUT2D eigenvalue weighted by Crippen LogP contribution is 2.55. The van der Waals surface area contributed by atoms with Gasteiger partial charge in [-0.1, -0.05) is 11.9 Å². The number of aromatic nitrogens is 2. The fourth-order valence-electron chi connectivity index (χ4n) is 4.61. The molecule has 9 nitrogen and oxygen atoms in total. The fourth-order valence-corrected chi connectivity index (χ4v) is 5.10. The smallest absolute Gasteiger partial charge is 0.258 e. The van der Waals surface area contributed by atoms with Gasteiger partial charge in [0.1, 0.15) is 5.82 Å². The molecule has 1 atom stereocenters. The summed E-state index contributed by atoms with van der Waals surface area (Å²) in [6, 6.07) is 7.46. The quantitative estimate of drug-likeness (QED) is 0.396. The van der Waals surface area contributed by atoms with Crippen LogP contribution < -0.4 is 20.3 Å². The minimum absolute atomic E-state index is 0.105. The Bertz CT molecular complexity index is 1000. The molecule has 1 saturated carbocycles. The second kappa shape index (κ2) is 9.74. The third kappa shape index (κ3) is 5.02. The number of aliphatic hydroxyl groups excluding tert-OH is 1. The largest absolute Gasteiger partial charge is 0.395 e. The summed E-state index contributed by atoms with van der Waals surface area (Å²) in [5, 5.41) is 15.2. The zero-order valence-electron chi connectivity index (χ0n) is 18.5. The van der Waals surface area contributed by atoms with E-state index >= 15 is 0 Å². The first-order valence-electron chi connectivity index (χ1n) is 11.5. The van der Waals surface area contributed by atoms with Gasteiger partial charge in [-0.3, -0.25) is 4.79 Å². The Morgan fingerprint density at radius 2 is 2.21 bits per heavy atom. The molecule has 1 aromatic carbocycles. The first-order valence-corrected chi connectivity index (χ1v) is 12.5. The first kappa shape index (κ1) is 22.2. The summed E-state index contributed by atoms with van der Waals surface area (Å²) in [7, 11) is 0. The average molecular weight is 471 g/mol. The van der Waals surface area contributed by atoms with Gasteiger partial charge < -0.3 is 30.1 Å². The maximum atomic E-state index is 13.3. The Morgan fingerprint density at radius 1 is 1.30 bits per heavy atom. The summed E-state index contributed by atoms with van der Waals surface area (Å²) in [5.74, 6) is 1.33. The van der Waals surface area contributed by atoms with E-state index in [0.29, 0.717) is 41.6 Å². The number of piperidine rings is 1. The number of hydrogen-bond acceptors (Lipinski definition) is 9. The molecule has 1 spiro atoms. The lowest BCUT2D eigenvalue weighted by Gasteiger charge is -2.41. The lowest BCUT2D eigenvalue weighted by atomic mass is 9.89. The van der Waals surface area contributed by atoms with Crippen LogP contribution in [-0.4, -0.2) is 65.7 Å². The second-order valence-electron chi connectivity index (χ2n) is 8.82. The zero-order valence-corrected chi connectivity index (χ0v) is 19.4. The van der Waals surface area contributed by atoms with E-state index < -0.39 is 0 Å². The van der Waals surface area contributed by atoms with Crippen LogP contribution in [-0.2, 0) is 4.74 Å². The van der Waals surface area contributed by atoms with Crippen molar-refractivity contribution in [1.82, 2.24) is 9.97 Å². The number of carbonyl (C=O) groups excluding carboxylic acids is 1. The Morgan fingerprint density at radius 3 is 3.06 bits per heavy atom. The first-order chi connectivity index (χ1) is 16.2. The number of hydrogen-bond donors (Lipinski definition) is 4. The zero-order chi connectivity index (χ0) is 22.7. The lowest BCUT2D eigenvalue weighted by molar-refractivity contribution is -0.00587. The maximum Gasteiger partial charge on any atom is 0.258 e. The van der Waals surface area contributed by atoms with Gasteiger partial charge in [0.2, 0.25) is 5.95 Å². The molecular weight excluding hydrogens is 440 g/mol. The molecule has 1 aliphatic carbocycles. The van der Waals surface area contributed by atoms with Gasteiger partial charge >= 0.3 is 0 Å². The molecule has 33 heavy (non-hydrogen) atoms. The van der Waals surface area contributed by atoms with Gasteiger partial charge in [-0.25, -0.2) is 4.98 Å². The van der Waals surface area contributed by atoms with Crippen LogP contribution in [0, 0.1) is 5.41 Å². The number of amides is 1. The maximum absolute atomic E-state index is 13.3. The van der Waals surface area contributed by atoms with Crippen LogP contribution in [0.3, 0.4) is 0 Å². The van der Waals surface area contributed by atoms with Crippen molar-refractivity contribution in [2.24, 2.45) is 5.41 Å². The molecule has 1 aromatic heterocycles. The van der Waals surface area contributed by atoms with Crippen molar-refractivity contribution in [3.63, 3.8) is 0 Å².